The number of carbonyl (C=O) groups is 1. The maximum Gasteiger partial charge on any atom is 0.264 e. The van der Waals surface area contributed by atoms with Crippen LogP contribution in [0.1, 0.15) is 11.1 Å². The monoisotopic (exact) mass is 226 g/mol. The highest BCUT2D eigenvalue weighted by Gasteiger charge is 2.22. The third-order valence-electron chi connectivity index (χ3n) is 2.39. The van der Waals surface area contributed by atoms with Crippen LogP contribution in [0.2, 0.25) is 0 Å². The van der Waals surface area contributed by atoms with E-state index in [9.17, 15) is 4.79 Å². The molecule has 0 spiro atoms. The van der Waals surface area contributed by atoms with Crippen LogP contribution in [0.25, 0.3) is 0 Å². The third-order valence-corrected chi connectivity index (χ3v) is 2.64. The van der Waals surface area contributed by atoms with Gasteiger partial charge in [-0.15, -0.1) is 11.6 Å². The SMILES string of the molecule is CN1C(=O)COc2ccc(C(N)Cl)cc21. The average molecular weight is 227 g/mol. The molecule has 1 unspecified atom stereocenters. The Balaban J connectivity index is 2.45. The normalized spacial score (nSPS) is 17.0. The lowest BCUT2D eigenvalue weighted by Crippen LogP contribution is -2.35. The van der Waals surface area contributed by atoms with E-state index in [2.05, 4.69) is 0 Å². The zero-order valence-electron chi connectivity index (χ0n) is 8.24. The summed E-state index contributed by atoms with van der Waals surface area (Å²) in [5, 5.41) is 0. The van der Waals surface area contributed by atoms with E-state index in [1.54, 1.807) is 30.1 Å². The van der Waals surface area contributed by atoms with E-state index in [-0.39, 0.29) is 12.5 Å². The maximum absolute atomic E-state index is 11.4. The Morgan fingerprint density at radius 2 is 2.33 bits per heavy atom. The number of nitrogens with zero attached hydrogens (tertiary/aromatic N) is 1. The van der Waals surface area contributed by atoms with Gasteiger partial charge >= 0.3 is 0 Å². The van der Waals surface area contributed by atoms with Crippen LogP contribution in [0.15, 0.2) is 18.2 Å². The van der Waals surface area contributed by atoms with Gasteiger partial charge in [-0.3, -0.25) is 4.79 Å². The molecule has 1 amide bonds. The van der Waals surface area contributed by atoms with Crippen molar-refractivity contribution in [2.24, 2.45) is 5.73 Å². The zero-order chi connectivity index (χ0) is 11.0. The number of fused-ring (bicyclic) bond motifs is 1. The molecule has 5 heteroatoms. The number of nitrogens with two attached hydrogens (primary N) is 1. The highest BCUT2D eigenvalue weighted by molar-refractivity contribution is 6.20. The number of likely N-dealkylation sites (N-methyl/N-ethyl adjacent to an activating group) is 1. The second-order valence-electron chi connectivity index (χ2n) is 3.37. The average Bonchev–Trinajstić information content (AvgIpc) is 2.23. The van der Waals surface area contributed by atoms with E-state index in [4.69, 9.17) is 22.1 Å². The van der Waals surface area contributed by atoms with E-state index in [0.717, 1.165) is 5.56 Å². The van der Waals surface area contributed by atoms with Gasteiger partial charge in [0.25, 0.3) is 5.91 Å². The number of amides is 1. The number of anilines is 1. The highest BCUT2D eigenvalue weighted by atomic mass is 35.5. The lowest BCUT2D eigenvalue weighted by molar-refractivity contribution is -0.120. The Morgan fingerprint density at radius 3 is 3.00 bits per heavy atom. The fraction of sp³-hybridized carbons (Fsp3) is 0.300. The standard InChI is InChI=1S/C10H11ClN2O2/c1-13-7-4-6(10(11)12)2-3-8(7)15-5-9(13)14/h2-4,10H,5,12H2,1H3. The molecule has 1 aromatic carbocycles. The van der Waals surface area contributed by atoms with Crippen LogP contribution in [0.4, 0.5) is 5.69 Å². The van der Waals surface area contributed by atoms with Crippen molar-refractivity contribution in [3.05, 3.63) is 23.8 Å². The number of alkyl halides is 1. The Hall–Kier alpha value is -1.26. The van der Waals surface area contributed by atoms with Gasteiger partial charge in [-0.05, 0) is 17.7 Å². The third kappa shape index (κ3) is 1.78. The molecular formula is C10H11ClN2O2. The number of hydrogen-bond donors (Lipinski definition) is 1. The lowest BCUT2D eigenvalue weighted by Gasteiger charge is -2.26. The molecule has 1 heterocycles. The summed E-state index contributed by atoms with van der Waals surface area (Å²) in [5.74, 6) is 0.598. The minimum absolute atomic E-state index is 0.0791. The Morgan fingerprint density at radius 1 is 1.60 bits per heavy atom. The molecule has 1 aliphatic heterocycles. The van der Waals surface area contributed by atoms with Gasteiger partial charge in [0.15, 0.2) is 6.61 Å². The molecular weight excluding hydrogens is 216 g/mol. The van der Waals surface area contributed by atoms with Crippen molar-refractivity contribution in [2.75, 3.05) is 18.6 Å². The summed E-state index contributed by atoms with van der Waals surface area (Å²) in [6.45, 7) is 0.0791. The minimum atomic E-state index is -0.569. The predicted molar refractivity (Wildman–Crippen MR) is 58.1 cm³/mol. The van der Waals surface area contributed by atoms with Gasteiger partial charge in [-0.2, -0.15) is 0 Å². The zero-order valence-corrected chi connectivity index (χ0v) is 8.99. The summed E-state index contributed by atoms with van der Waals surface area (Å²) in [5.41, 5.74) is 6.45. The molecule has 1 atom stereocenters. The second-order valence-corrected chi connectivity index (χ2v) is 3.84. The molecule has 2 N–H and O–H groups in total. The summed E-state index contributed by atoms with van der Waals surface area (Å²) >= 11 is 5.76. The van der Waals surface area contributed by atoms with Crippen molar-refractivity contribution in [1.29, 1.82) is 0 Å². The molecule has 1 aromatic rings. The van der Waals surface area contributed by atoms with Gasteiger partial charge in [-0.1, -0.05) is 6.07 Å². The first kappa shape index (κ1) is 10.3. The van der Waals surface area contributed by atoms with E-state index < -0.39 is 5.50 Å². The molecule has 1 aliphatic rings. The van der Waals surface area contributed by atoms with Crippen LogP contribution < -0.4 is 15.4 Å². The molecule has 4 nitrogen and oxygen atoms in total. The fourth-order valence-electron chi connectivity index (χ4n) is 1.46. The molecule has 0 aromatic heterocycles. The number of hydrogen-bond acceptors (Lipinski definition) is 3. The maximum atomic E-state index is 11.4. The summed E-state index contributed by atoms with van der Waals surface area (Å²) < 4.78 is 5.27. The molecule has 0 saturated heterocycles. The highest BCUT2D eigenvalue weighted by Crippen LogP contribution is 2.33. The number of benzene rings is 1. The molecule has 0 bridgehead atoms. The van der Waals surface area contributed by atoms with Crippen molar-refractivity contribution in [3.63, 3.8) is 0 Å². The molecule has 80 valence electrons. The van der Waals surface area contributed by atoms with Crippen molar-refractivity contribution < 1.29 is 9.53 Å². The predicted octanol–water partition coefficient (Wildman–Crippen LogP) is 1.24. The van der Waals surface area contributed by atoms with Crippen molar-refractivity contribution >= 4 is 23.2 Å². The van der Waals surface area contributed by atoms with Crippen LogP contribution in [0, 0.1) is 0 Å². The first-order valence-corrected chi connectivity index (χ1v) is 4.96. The second kappa shape index (κ2) is 3.72. The minimum Gasteiger partial charge on any atom is -0.482 e. The number of carbonyl (C=O) groups excluding carboxylic acids is 1. The lowest BCUT2D eigenvalue weighted by atomic mass is 10.1. The summed E-state index contributed by atoms with van der Waals surface area (Å²) in [6.07, 6.45) is 0. The van der Waals surface area contributed by atoms with Gasteiger partial charge in [0.1, 0.15) is 11.3 Å². The molecule has 0 radical (unpaired) electrons. The largest absolute Gasteiger partial charge is 0.482 e. The first-order valence-electron chi connectivity index (χ1n) is 4.52. The van der Waals surface area contributed by atoms with Crippen LogP contribution in [0.5, 0.6) is 5.75 Å². The summed E-state index contributed by atoms with van der Waals surface area (Å²) in [7, 11) is 1.70. The smallest absolute Gasteiger partial charge is 0.264 e. The Bertz CT molecular complexity index is 406. The van der Waals surface area contributed by atoms with Crippen molar-refractivity contribution in [3.8, 4) is 5.75 Å². The van der Waals surface area contributed by atoms with Crippen LogP contribution >= 0.6 is 11.6 Å². The number of ether oxygens (including phenoxy) is 1. The van der Waals surface area contributed by atoms with Gasteiger partial charge < -0.3 is 15.4 Å². The van der Waals surface area contributed by atoms with Gasteiger partial charge in [0, 0.05) is 7.05 Å². The van der Waals surface area contributed by atoms with Crippen molar-refractivity contribution in [1.82, 2.24) is 0 Å². The molecule has 0 fully saturated rings. The van der Waals surface area contributed by atoms with E-state index in [0.29, 0.717) is 11.4 Å². The van der Waals surface area contributed by atoms with Crippen molar-refractivity contribution in [2.45, 2.75) is 5.50 Å². The van der Waals surface area contributed by atoms with Crippen LogP contribution in [0.3, 0.4) is 0 Å². The van der Waals surface area contributed by atoms with Gasteiger partial charge in [0.2, 0.25) is 0 Å². The van der Waals surface area contributed by atoms with Gasteiger partial charge in [-0.25, -0.2) is 0 Å². The number of rotatable bonds is 1. The van der Waals surface area contributed by atoms with Crippen LogP contribution in [-0.2, 0) is 4.79 Å². The quantitative estimate of drug-likeness (QED) is 0.579. The summed E-state index contributed by atoms with van der Waals surface area (Å²) in [4.78, 5) is 12.9. The molecule has 15 heavy (non-hydrogen) atoms. The van der Waals surface area contributed by atoms with E-state index >= 15 is 0 Å². The fourth-order valence-corrected chi connectivity index (χ4v) is 1.60. The Kier molecular flexibility index (Phi) is 2.54. The molecule has 2 rings (SSSR count). The van der Waals surface area contributed by atoms with E-state index in [1.165, 1.54) is 0 Å². The molecule has 0 saturated carbocycles. The van der Waals surface area contributed by atoms with Gasteiger partial charge in [0.05, 0.1) is 5.69 Å². The topological polar surface area (TPSA) is 55.6 Å². The van der Waals surface area contributed by atoms with E-state index in [1.807, 2.05) is 0 Å². The Labute approximate surface area is 92.6 Å². The number of halogens is 1. The first-order chi connectivity index (χ1) is 7.09. The summed E-state index contributed by atoms with van der Waals surface area (Å²) in [6, 6.07) is 5.33. The van der Waals surface area contributed by atoms with Crippen LogP contribution in [-0.4, -0.2) is 19.6 Å². The molecule has 0 aliphatic carbocycles.